The third-order valence-corrected chi connectivity index (χ3v) is 1.43. The maximum absolute atomic E-state index is 8.75. The van der Waals surface area contributed by atoms with E-state index < -0.39 is 11.4 Å². The number of ether oxygens (including phenoxy) is 2. The molecule has 0 heterocycles. The fourth-order valence-corrected chi connectivity index (χ4v) is 1.01. The molecule has 0 rings (SSSR count). The quantitative estimate of drug-likeness (QED) is 0.498. The number of nitriles is 2. The van der Waals surface area contributed by atoms with Crippen LogP contribution in [0.1, 0.15) is 34.1 Å². The fourth-order valence-electron chi connectivity index (χ4n) is 1.01. The van der Waals surface area contributed by atoms with Gasteiger partial charge in [0.1, 0.15) is 0 Å². The Bertz CT molecular complexity index is 258. The Morgan fingerprint density at radius 1 is 1.14 bits per heavy atom. The standard InChI is InChI=1S/C10H16N2O2/c1-9(2,8-12)14-10(3,4)13-7-5-6-11/h5,7H2,1-4H3. The Labute approximate surface area is 85.0 Å². The zero-order chi connectivity index (χ0) is 11.2. The van der Waals surface area contributed by atoms with Crippen LogP contribution in [0.15, 0.2) is 0 Å². The predicted molar refractivity (Wildman–Crippen MR) is 51.0 cm³/mol. The summed E-state index contributed by atoms with van der Waals surface area (Å²) in [6, 6.07) is 3.99. The van der Waals surface area contributed by atoms with Crippen molar-refractivity contribution in [2.24, 2.45) is 0 Å². The molecule has 0 aliphatic heterocycles. The molecule has 0 atom stereocenters. The van der Waals surface area contributed by atoms with E-state index >= 15 is 0 Å². The highest BCUT2D eigenvalue weighted by Crippen LogP contribution is 2.20. The molecule has 78 valence electrons. The largest absolute Gasteiger partial charge is 0.349 e. The second-order valence-corrected chi connectivity index (χ2v) is 3.88. The molecule has 0 saturated heterocycles. The van der Waals surface area contributed by atoms with Crippen molar-refractivity contribution < 1.29 is 9.47 Å². The maximum Gasteiger partial charge on any atom is 0.164 e. The molecule has 0 spiro atoms. The van der Waals surface area contributed by atoms with Crippen LogP contribution in [-0.4, -0.2) is 18.0 Å². The molecule has 4 nitrogen and oxygen atoms in total. The van der Waals surface area contributed by atoms with Gasteiger partial charge in [-0.1, -0.05) is 0 Å². The molecule has 0 N–H and O–H groups in total. The van der Waals surface area contributed by atoms with Gasteiger partial charge in [0.15, 0.2) is 11.4 Å². The van der Waals surface area contributed by atoms with Crippen LogP contribution in [0.5, 0.6) is 0 Å². The van der Waals surface area contributed by atoms with Gasteiger partial charge in [-0.05, 0) is 27.7 Å². The monoisotopic (exact) mass is 196 g/mol. The molecule has 0 bridgehead atoms. The molecule has 0 fully saturated rings. The van der Waals surface area contributed by atoms with E-state index in [1.165, 1.54) is 0 Å². The predicted octanol–water partition coefficient (Wildman–Crippen LogP) is 1.97. The van der Waals surface area contributed by atoms with Gasteiger partial charge in [0.25, 0.3) is 0 Å². The van der Waals surface area contributed by atoms with Crippen molar-refractivity contribution in [3.05, 3.63) is 0 Å². The van der Waals surface area contributed by atoms with E-state index in [0.29, 0.717) is 13.0 Å². The van der Waals surface area contributed by atoms with Crippen LogP contribution in [0.4, 0.5) is 0 Å². The topological polar surface area (TPSA) is 66.0 Å². The van der Waals surface area contributed by atoms with Crippen LogP contribution in [0.2, 0.25) is 0 Å². The van der Waals surface area contributed by atoms with Crippen LogP contribution in [-0.2, 0) is 9.47 Å². The smallest absolute Gasteiger partial charge is 0.164 e. The molecule has 4 heteroatoms. The first-order valence-corrected chi connectivity index (χ1v) is 4.45. The molecule has 0 aromatic carbocycles. The lowest BCUT2D eigenvalue weighted by atomic mass is 10.1. The molecule has 0 aliphatic carbocycles. The molecule has 0 amide bonds. The highest BCUT2D eigenvalue weighted by molar-refractivity contribution is 4.95. The Kier molecular flexibility index (Phi) is 4.56. The van der Waals surface area contributed by atoms with Crippen LogP contribution >= 0.6 is 0 Å². The Morgan fingerprint density at radius 3 is 2.14 bits per heavy atom. The van der Waals surface area contributed by atoms with Crippen LogP contribution in [0, 0.1) is 22.7 Å². The second kappa shape index (κ2) is 4.95. The summed E-state index contributed by atoms with van der Waals surface area (Å²) >= 11 is 0. The first-order valence-electron chi connectivity index (χ1n) is 4.45. The zero-order valence-electron chi connectivity index (χ0n) is 9.13. The van der Waals surface area contributed by atoms with Crippen molar-refractivity contribution in [2.75, 3.05) is 6.61 Å². The van der Waals surface area contributed by atoms with E-state index in [1.807, 2.05) is 12.1 Å². The fraction of sp³-hybridized carbons (Fsp3) is 0.800. The lowest BCUT2D eigenvalue weighted by molar-refractivity contribution is -0.247. The van der Waals surface area contributed by atoms with Gasteiger partial charge < -0.3 is 9.47 Å². The summed E-state index contributed by atoms with van der Waals surface area (Å²) in [4.78, 5) is 0. The SMILES string of the molecule is CC(C)(C#N)OC(C)(C)OCCC#N. The van der Waals surface area contributed by atoms with Crippen molar-refractivity contribution in [1.29, 1.82) is 10.5 Å². The summed E-state index contributed by atoms with van der Waals surface area (Å²) < 4.78 is 10.7. The Morgan fingerprint density at radius 2 is 1.71 bits per heavy atom. The number of rotatable bonds is 5. The average Bonchev–Trinajstić information content (AvgIpc) is 2.03. The highest BCUT2D eigenvalue weighted by atomic mass is 16.7. The summed E-state index contributed by atoms with van der Waals surface area (Å²) in [5.74, 6) is -0.837. The highest BCUT2D eigenvalue weighted by Gasteiger charge is 2.29. The number of hydrogen-bond donors (Lipinski definition) is 0. The summed E-state index contributed by atoms with van der Waals surface area (Å²) in [5.41, 5.74) is -0.879. The van der Waals surface area contributed by atoms with E-state index in [2.05, 4.69) is 0 Å². The van der Waals surface area contributed by atoms with Gasteiger partial charge >= 0.3 is 0 Å². The minimum Gasteiger partial charge on any atom is -0.349 e. The summed E-state index contributed by atoms with van der Waals surface area (Å²) in [6.07, 6.45) is 0.319. The van der Waals surface area contributed by atoms with Crippen molar-refractivity contribution in [1.82, 2.24) is 0 Å². The first-order chi connectivity index (χ1) is 6.33. The first kappa shape index (κ1) is 12.9. The van der Waals surface area contributed by atoms with Crippen molar-refractivity contribution in [3.63, 3.8) is 0 Å². The summed E-state index contributed by atoms with van der Waals surface area (Å²) in [5, 5.41) is 17.1. The molecular weight excluding hydrogens is 180 g/mol. The number of nitrogens with zero attached hydrogens (tertiary/aromatic N) is 2. The minimum absolute atomic E-state index is 0.311. The molecule has 0 saturated carbocycles. The summed E-state index contributed by atoms with van der Waals surface area (Å²) in [6.45, 7) is 7.10. The van der Waals surface area contributed by atoms with E-state index in [-0.39, 0.29) is 0 Å². The summed E-state index contributed by atoms with van der Waals surface area (Å²) in [7, 11) is 0. The lowest BCUT2D eigenvalue weighted by Gasteiger charge is -2.31. The Hall–Kier alpha value is -1.10. The van der Waals surface area contributed by atoms with Gasteiger partial charge in [-0.2, -0.15) is 10.5 Å². The number of hydrogen-bond acceptors (Lipinski definition) is 4. The van der Waals surface area contributed by atoms with E-state index in [1.54, 1.807) is 27.7 Å². The van der Waals surface area contributed by atoms with Crippen molar-refractivity contribution in [3.8, 4) is 12.1 Å². The molecule has 14 heavy (non-hydrogen) atoms. The van der Waals surface area contributed by atoms with Gasteiger partial charge in [0.2, 0.25) is 0 Å². The van der Waals surface area contributed by atoms with Crippen molar-refractivity contribution >= 4 is 0 Å². The molecule has 0 aliphatic rings. The van der Waals surface area contributed by atoms with E-state index in [9.17, 15) is 0 Å². The molecular formula is C10H16N2O2. The van der Waals surface area contributed by atoms with Gasteiger partial charge in [0, 0.05) is 0 Å². The molecule has 0 aromatic heterocycles. The van der Waals surface area contributed by atoms with Gasteiger partial charge in [-0.25, -0.2) is 0 Å². The normalized spacial score (nSPS) is 11.9. The zero-order valence-corrected chi connectivity index (χ0v) is 9.13. The molecule has 0 unspecified atom stereocenters. The third-order valence-electron chi connectivity index (χ3n) is 1.43. The molecule has 0 aromatic rings. The Balaban J connectivity index is 4.09. The van der Waals surface area contributed by atoms with Crippen LogP contribution in [0.25, 0.3) is 0 Å². The van der Waals surface area contributed by atoms with Gasteiger partial charge in [-0.3, -0.25) is 0 Å². The maximum atomic E-state index is 8.75. The van der Waals surface area contributed by atoms with Gasteiger partial charge in [-0.15, -0.1) is 0 Å². The van der Waals surface area contributed by atoms with E-state index in [4.69, 9.17) is 20.0 Å². The molecule has 0 radical (unpaired) electrons. The third kappa shape index (κ3) is 5.53. The average molecular weight is 196 g/mol. The van der Waals surface area contributed by atoms with Crippen LogP contribution in [0.3, 0.4) is 0 Å². The lowest BCUT2D eigenvalue weighted by Crippen LogP contribution is -2.38. The minimum atomic E-state index is -0.879. The van der Waals surface area contributed by atoms with E-state index in [0.717, 1.165) is 0 Å². The van der Waals surface area contributed by atoms with Crippen LogP contribution < -0.4 is 0 Å². The second-order valence-electron chi connectivity index (χ2n) is 3.88. The van der Waals surface area contributed by atoms with Gasteiger partial charge in [0.05, 0.1) is 25.2 Å². The van der Waals surface area contributed by atoms with Crippen molar-refractivity contribution in [2.45, 2.75) is 45.5 Å².